The summed E-state index contributed by atoms with van der Waals surface area (Å²) in [5, 5.41) is 3.89. The van der Waals surface area contributed by atoms with Crippen molar-refractivity contribution >= 4 is 5.71 Å². The third-order valence-corrected chi connectivity index (χ3v) is 1.98. The molecule has 2 heteroatoms. The molecule has 0 aliphatic rings. The molecule has 0 fully saturated rings. The van der Waals surface area contributed by atoms with E-state index >= 15 is 0 Å². The van der Waals surface area contributed by atoms with Gasteiger partial charge in [0.15, 0.2) is 0 Å². The van der Waals surface area contributed by atoms with Crippen LogP contribution < -0.4 is 0 Å². The van der Waals surface area contributed by atoms with Gasteiger partial charge < -0.3 is 4.84 Å². The maximum Gasteiger partial charge on any atom is 0.106 e. The molecule has 0 atom stereocenters. The molecule has 0 saturated heterocycles. The van der Waals surface area contributed by atoms with E-state index in [-0.39, 0.29) is 0 Å². The summed E-state index contributed by atoms with van der Waals surface area (Å²) in [6.45, 7) is 4.08. The molecule has 0 heterocycles. The zero-order valence-corrected chi connectivity index (χ0v) is 8.37. The highest BCUT2D eigenvalue weighted by Crippen LogP contribution is 2.07. The summed E-state index contributed by atoms with van der Waals surface area (Å²) in [5.74, 6) is 0. The lowest BCUT2D eigenvalue weighted by Gasteiger charge is -2.01. The molecule has 70 valence electrons. The maximum absolute atomic E-state index is 4.72. The van der Waals surface area contributed by atoms with E-state index in [0.29, 0.717) is 0 Å². The number of hydrogen-bond acceptors (Lipinski definition) is 2. The second kappa shape index (κ2) is 4.65. The first-order valence-corrected chi connectivity index (χ1v) is 4.45. The van der Waals surface area contributed by atoms with Crippen LogP contribution in [0.2, 0.25) is 0 Å². The molecule has 1 rings (SSSR count). The van der Waals surface area contributed by atoms with Gasteiger partial charge in [0, 0.05) is 0 Å². The molecule has 0 amide bonds. The lowest BCUT2D eigenvalue weighted by Crippen LogP contribution is -1.96. The van der Waals surface area contributed by atoms with E-state index in [1.165, 1.54) is 5.56 Å². The number of hydrogen-bond donors (Lipinski definition) is 0. The van der Waals surface area contributed by atoms with E-state index in [9.17, 15) is 0 Å². The van der Waals surface area contributed by atoms with Crippen LogP contribution in [0.25, 0.3) is 0 Å². The smallest absolute Gasteiger partial charge is 0.106 e. The van der Waals surface area contributed by atoms with Crippen LogP contribution in [-0.4, -0.2) is 12.8 Å². The minimum absolute atomic E-state index is 0.915. The van der Waals surface area contributed by atoms with Gasteiger partial charge in [0.25, 0.3) is 0 Å². The highest BCUT2D eigenvalue weighted by molar-refractivity contribution is 5.98. The van der Waals surface area contributed by atoms with Crippen LogP contribution in [0, 0.1) is 0 Å². The third-order valence-electron chi connectivity index (χ3n) is 1.98. The van der Waals surface area contributed by atoms with Crippen molar-refractivity contribution in [2.45, 2.75) is 20.3 Å². The third kappa shape index (κ3) is 2.58. The van der Waals surface area contributed by atoms with Crippen LogP contribution in [0.15, 0.2) is 29.4 Å². The normalized spacial score (nSPS) is 11.5. The van der Waals surface area contributed by atoms with Crippen LogP contribution in [-0.2, 0) is 11.3 Å². The van der Waals surface area contributed by atoms with Gasteiger partial charge in [-0.25, -0.2) is 0 Å². The summed E-state index contributed by atoms with van der Waals surface area (Å²) >= 11 is 0. The summed E-state index contributed by atoms with van der Waals surface area (Å²) in [7, 11) is 1.56. The summed E-state index contributed by atoms with van der Waals surface area (Å²) in [5.41, 5.74) is 3.36. The molecule has 0 aliphatic heterocycles. The Balaban J connectivity index is 2.94. The Labute approximate surface area is 79.2 Å². The van der Waals surface area contributed by atoms with Gasteiger partial charge in [0.05, 0.1) is 5.71 Å². The van der Waals surface area contributed by atoms with Crippen molar-refractivity contribution in [1.29, 1.82) is 0 Å². The van der Waals surface area contributed by atoms with Gasteiger partial charge in [-0.05, 0) is 30.5 Å². The molecule has 0 aromatic heterocycles. The molecule has 0 bridgehead atoms. The molecule has 13 heavy (non-hydrogen) atoms. The van der Waals surface area contributed by atoms with Crippen molar-refractivity contribution in [2.75, 3.05) is 7.11 Å². The van der Waals surface area contributed by atoms with Gasteiger partial charge in [-0.1, -0.05) is 30.3 Å². The molecule has 0 radical (unpaired) electrons. The number of aryl methyl sites for hydroxylation is 1. The standard InChI is InChI=1S/C11H15NO/c1-4-10-6-5-7-11(8-10)9(2)12-13-3/h5-8H,4H2,1-3H3. The number of benzene rings is 1. The first-order valence-electron chi connectivity index (χ1n) is 4.45. The van der Waals surface area contributed by atoms with Crippen molar-refractivity contribution in [3.8, 4) is 0 Å². The summed E-state index contributed by atoms with van der Waals surface area (Å²) in [4.78, 5) is 4.72. The summed E-state index contributed by atoms with van der Waals surface area (Å²) < 4.78 is 0. The number of rotatable bonds is 3. The second-order valence-electron chi connectivity index (χ2n) is 2.91. The molecule has 0 N–H and O–H groups in total. The van der Waals surface area contributed by atoms with Gasteiger partial charge in [0.2, 0.25) is 0 Å². The van der Waals surface area contributed by atoms with Crippen LogP contribution in [0.5, 0.6) is 0 Å². The number of nitrogens with zero attached hydrogens (tertiary/aromatic N) is 1. The Morgan fingerprint density at radius 1 is 1.46 bits per heavy atom. The average Bonchev–Trinajstić information content (AvgIpc) is 2.18. The quantitative estimate of drug-likeness (QED) is 0.513. The average molecular weight is 177 g/mol. The Kier molecular flexibility index (Phi) is 3.50. The molecule has 2 nitrogen and oxygen atoms in total. The van der Waals surface area contributed by atoms with Crippen LogP contribution in [0.3, 0.4) is 0 Å². The Bertz CT molecular complexity index is 305. The van der Waals surface area contributed by atoms with E-state index in [1.54, 1.807) is 7.11 Å². The molecule has 0 spiro atoms. The van der Waals surface area contributed by atoms with Crippen molar-refractivity contribution in [3.05, 3.63) is 35.4 Å². The molecular formula is C11H15NO. The zero-order chi connectivity index (χ0) is 9.68. The molecule has 1 aromatic carbocycles. The molecule has 0 saturated carbocycles. The fraction of sp³-hybridized carbons (Fsp3) is 0.364. The Morgan fingerprint density at radius 2 is 2.23 bits per heavy atom. The fourth-order valence-corrected chi connectivity index (χ4v) is 1.21. The van der Waals surface area contributed by atoms with Gasteiger partial charge in [0.1, 0.15) is 7.11 Å². The lowest BCUT2D eigenvalue weighted by atomic mass is 10.1. The van der Waals surface area contributed by atoms with E-state index in [0.717, 1.165) is 17.7 Å². The summed E-state index contributed by atoms with van der Waals surface area (Å²) in [6.07, 6.45) is 1.05. The maximum atomic E-state index is 4.72. The highest BCUT2D eigenvalue weighted by Gasteiger charge is 1.97. The SMILES string of the molecule is CCc1cccc(C(C)=NOC)c1. The van der Waals surface area contributed by atoms with Crippen LogP contribution >= 0.6 is 0 Å². The molecule has 0 aliphatic carbocycles. The number of oxime groups is 1. The minimum atomic E-state index is 0.915. The molecule has 1 aromatic rings. The summed E-state index contributed by atoms with van der Waals surface area (Å²) in [6, 6.07) is 8.33. The predicted molar refractivity (Wildman–Crippen MR) is 55.0 cm³/mol. The Morgan fingerprint density at radius 3 is 2.85 bits per heavy atom. The lowest BCUT2D eigenvalue weighted by molar-refractivity contribution is 0.213. The van der Waals surface area contributed by atoms with Gasteiger partial charge in [-0.3, -0.25) is 0 Å². The second-order valence-corrected chi connectivity index (χ2v) is 2.91. The first kappa shape index (κ1) is 9.78. The molecular weight excluding hydrogens is 162 g/mol. The van der Waals surface area contributed by atoms with E-state index in [4.69, 9.17) is 4.84 Å². The largest absolute Gasteiger partial charge is 0.399 e. The van der Waals surface area contributed by atoms with Crippen molar-refractivity contribution in [1.82, 2.24) is 0 Å². The zero-order valence-electron chi connectivity index (χ0n) is 8.37. The van der Waals surface area contributed by atoms with Crippen molar-refractivity contribution < 1.29 is 4.84 Å². The highest BCUT2D eigenvalue weighted by atomic mass is 16.6. The van der Waals surface area contributed by atoms with Crippen LogP contribution in [0.4, 0.5) is 0 Å². The topological polar surface area (TPSA) is 21.6 Å². The van der Waals surface area contributed by atoms with Crippen molar-refractivity contribution in [3.63, 3.8) is 0 Å². The van der Waals surface area contributed by atoms with Crippen LogP contribution in [0.1, 0.15) is 25.0 Å². The van der Waals surface area contributed by atoms with E-state index in [2.05, 4.69) is 24.2 Å². The van der Waals surface area contributed by atoms with Gasteiger partial charge >= 0.3 is 0 Å². The molecule has 0 unspecified atom stereocenters. The van der Waals surface area contributed by atoms with E-state index < -0.39 is 0 Å². The predicted octanol–water partition coefficient (Wildman–Crippen LogP) is 2.62. The van der Waals surface area contributed by atoms with Gasteiger partial charge in [-0.15, -0.1) is 0 Å². The Hall–Kier alpha value is -1.31. The van der Waals surface area contributed by atoms with Gasteiger partial charge in [-0.2, -0.15) is 0 Å². The fourth-order valence-electron chi connectivity index (χ4n) is 1.21. The minimum Gasteiger partial charge on any atom is -0.399 e. The van der Waals surface area contributed by atoms with E-state index in [1.807, 2.05) is 19.1 Å². The van der Waals surface area contributed by atoms with Crippen molar-refractivity contribution in [2.24, 2.45) is 5.16 Å². The first-order chi connectivity index (χ1) is 6.27. The monoisotopic (exact) mass is 177 g/mol.